The van der Waals surface area contributed by atoms with Crippen LogP contribution in [0, 0.1) is 5.92 Å². The average molecular weight is 298 g/mol. The lowest BCUT2D eigenvalue weighted by Gasteiger charge is -2.22. The van der Waals surface area contributed by atoms with Gasteiger partial charge in [0, 0.05) is 18.4 Å². The third-order valence-corrected chi connectivity index (χ3v) is 5.33. The van der Waals surface area contributed by atoms with Gasteiger partial charge in [-0.3, -0.25) is 4.79 Å². The maximum atomic E-state index is 12.4. The molecule has 1 aliphatic rings. The van der Waals surface area contributed by atoms with Gasteiger partial charge in [-0.2, -0.15) is 0 Å². The largest absolute Gasteiger partial charge is 0.351 e. The van der Waals surface area contributed by atoms with Gasteiger partial charge < -0.3 is 9.88 Å². The summed E-state index contributed by atoms with van der Waals surface area (Å²) in [4.78, 5) is 12.4. The number of rotatable bonds is 5. The molecule has 1 N–H and O–H groups in total. The van der Waals surface area contributed by atoms with Gasteiger partial charge in [-0.05, 0) is 30.9 Å². The summed E-state index contributed by atoms with van der Waals surface area (Å²) in [6, 6.07) is 3.27. The van der Waals surface area contributed by atoms with Crippen molar-refractivity contribution in [1.82, 2.24) is 9.88 Å². The van der Waals surface area contributed by atoms with Crippen LogP contribution in [0.4, 0.5) is 0 Å². The minimum absolute atomic E-state index is 0.0683. The van der Waals surface area contributed by atoms with Gasteiger partial charge in [-0.25, -0.2) is 8.42 Å². The van der Waals surface area contributed by atoms with E-state index >= 15 is 0 Å². The number of hydrogen-bond acceptors (Lipinski definition) is 3. The molecule has 0 bridgehead atoms. The van der Waals surface area contributed by atoms with Crippen LogP contribution >= 0.6 is 0 Å². The maximum Gasteiger partial charge on any atom is 0.243 e. The fraction of sp³-hybridized carbons (Fsp3) is 0.643. The normalized spacial score (nSPS) is 22.9. The van der Waals surface area contributed by atoms with Gasteiger partial charge >= 0.3 is 0 Å². The second kappa shape index (κ2) is 5.99. The second-order valence-corrected chi connectivity index (χ2v) is 8.11. The van der Waals surface area contributed by atoms with Gasteiger partial charge in [0.05, 0.1) is 11.5 Å². The zero-order valence-corrected chi connectivity index (χ0v) is 12.8. The van der Waals surface area contributed by atoms with Crippen molar-refractivity contribution in [3.05, 3.63) is 24.5 Å². The van der Waals surface area contributed by atoms with Gasteiger partial charge in [-0.15, -0.1) is 0 Å². The number of carbonyl (C=O) groups is 1. The molecule has 1 aromatic rings. The minimum atomic E-state index is -2.97. The summed E-state index contributed by atoms with van der Waals surface area (Å²) in [6.07, 6.45) is 5.00. The lowest BCUT2D eigenvalue weighted by atomic mass is 10.0. The van der Waals surface area contributed by atoms with Crippen molar-refractivity contribution in [3.8, 4) is 0 Å². The van der Waals surface area contributed by atoms with Crippen molar-refractivity contribution in [2.75, 3.05) is 11.5 Å². The number of nitrogens with zero attached hydrogens (tertiary/aromatic N) is 1. The Balaban J connectivity index is 2.04. The Labute approximate surface area is 120 Å². The molecular weight excluding hydrogens is 276 g/mol. The van der Waals surface area contributed by atoms with Crippen LogP contribution in [0.3, 0.4) is 0 Å². The quantitative estimate of drug-likeness (QED) is 0.893. The molecule has 0 aromatic carbocycles. The molecule has 6 heteroatoms. The first-order chi connectivity index (χ1) is 9.37. The van der Waals surface area contributed by atoms with Crippen LogP contribution in [0.15, 0.2) is 24.5 Å². The minimum Gasteiger partial charge on any atom is -0.351 e. The molecule has 0 saturated carbocycles. The molecule has 2 atom stereocenters. The van der Waals surface area contributed by atoms with E-state index in [1.807, 2.05) is 29.1 Å². The Morgan fingerprint density at radius 1 is 1.35 bits per heavy atom. The Morgan fingerprint density at radius 3 is 2.50 bits per heavy atom. The molecule has 2 heterocycles. The number of amides is 1. The number of carbonyl (C=O) groups excluding carboxylic acids is 1. The fourth-order valence-corrected chi connectivity index (χ4v) is 4.25. The molecular formula is C14H22N2O3S. The van der Waals surface area contributed by atoms with E-state index in [2.05, 4.69) is 19.2 Å². The Kier molecular flexibility index (Phi) is 4.52. The van der Waals surface area contributed by atoms with Crippen LogP contribution in [0.2, 0.25) is 0 Å². The van der Waals surface area contributed by atoms with Gasteiger partial charge in [0.2, 0.25) is 5.91 Å². The summed E-state index contributed by atoms with van der Waals surface area (Å²) in [5.74, 6) is 0.548. The monoisotopic (exact) mass is 298 g/mol. The fourth-order valence-electron chi connectivity index (χ4n) is 2.57. The van der Waals surface area contributed by atoms with Crippen molar-refractivity contribution in [1.29, 1.82) is 0 Å². The van der Waals surface area contributed by atoms with Gasteiger partial charge in [-0.1, -0.05) is 13.8 Å². The summed E-state index contributed by atoms with van der Waals surface area (Å²) in [6.45, 7) is 4.15. The summed E-state index contributed by atoms with van der Waals surface area (Å²) in [7, 11) is -2.97. The van der Waals surface area contributed by atoms with Crippen molar-refractivity contribution in [2.45, 2.75) is 38.8 Å². The number of sulfone groups is 1. The number of hydrogen-bond donors (Lipinski definition) is 1. The zero-order valence-electron chi connectivity index (χ0n) is 12.0. The molecule has 1 saturated heterocycles. The van der Waals surface area contributed by atoms with Gasteiger partial charge in [0.15, 0.2) is 9.84 Å². The highest BCUT2D eigenvalue weighted by Crippen LogP contribution is 2.19. The third kappa shape index (κ3) is 3.85. The molecule has 20 heavy (non-hydrogen) atoms. The highest BCUT2D eigenvalue weighted by molar-refractivity contribution is 7.91. The van der Waals surface area contributed by atoms with E-state index in [1.165, 1.54) is 0 Å². The number of aromatic nitrogens is 1. The Bertz CT molecular complexity index is 549. The average Bonchev–Trinajstić information content (AvgIpc) is 2.95. The molecule has 1 aliphatic heterocycles. The zero-order chi connectivity index (χ0) is 14.8. The lowest BCUT2D eigenvalue weighted by Crippen LogP contribution is -2.40. The summed E-state index contributed by atoms with van der Waals surface area (Å²) < 4.78 is 24.8. The first-order valence-electron chi connectivity index (χ1n) is 7.00. The van der Waals surface area contributed by atoms with Crippen molar-refractivity contribution < 1.29 is 13.2 Å². The molecule has 1 fully saturated rings. The molecule has 0 aliphatic carbocycles. The molecule has 1 amide bonds. The highest BCUT2D eigenvalue weighted by Gasteiger charge is 2.31. The van der Waals surface area contributed by atoms with Crippen LogP contribution < -0.4 is 5.32 Å². The predicted octanol–water partition coefficient (Wildman–Crippen LogP) is 1.38. The summed E-state index contributed by atoms with van der Waals surface area (Å²) in [5.41, 5.74) is 0. The van der Waals surface area contributed by atoms with E-state index in [9.17, 15) is 13.2 Å². The number of nitrogens with one attached hydrogen (secondary N) is 1. The third-order valence-electron chi connectivity index (χ3n) is 3.56. The second-order valence-electron chi connectivity index (χ2n) is 5.88. The summed E-state index contributed by atoms with van der Waals surface area (Å²) >= 11 is 0. The smallest absolute Gasteiger partial charge is 0.243 e. The molecule has 5 nitrogen and oxygen atoms in total. The van der Waals surface area contributed by atoms with Crippen LogP contribution in [0.25, 0.3) is 0 Å². The molecule has 1 aromatic heterocycles. The molecule has 2 rings (SSSR count). The Morgan fingerprint density at radius 2 is 2.00 bits per heavy atom. The topological polar surface area (TPSA) is 68.2 Å². The van der Waals surface area contributed by atoms with Crippen LogP contribution in [0.5, 0.6) is 0 Å². The highest BCUT2D eigenvalue weighted by atomic mass is 32.2. The van der Waals surface area contributed by atoms with Crippen LogP contribution in [0.1, 0.15) is 32.7 Å². The van der Waals surface area contributed by atoms with Crippen molar-refractivity contribution in [2.24, 2.45) is 5.92 Å². The SMILES string of the molecule is CC(C)C[C@H](C(=O)N[C@@H]1CCS(=O)(=O)C1)n1cccc1. The lowest BCUT2D eigenvalue weighted by molar-refractivity contribution is -0.125. The summed E-state index contributed by atoms with van der Waals surface area (Å²) in [5, 5.41) is 2.89. The van der Waals surface area contributed by atoms with Gasteiger partial charge in [0.1, 0.15) is 6.04 Å². The standard InChI is InChI=1S/C14H22N2O3S/c1-11(2)9-13(16-6-3-4-7-16)14(17)15-12-5-8-20(18,19)10-12/h3-4,6-7,11-13H,5,8-10H2,1-2H3,(H,15,17)/t12-,13-/m1/s1. The predicted molar refractivity (Wildman–Crippen MR) is 78.1 cm³/mol. The van der Waals surface area contributed by atoms with E-state index < -0.39 is 9.84 Å². The van der Waals surface area contributed by atoms with E-state index in [-0.39, 0.29) is 29.5 Å². The molecule has 0 spiro atoms. The van der Waals surface area contributed by atoms with Crippen molar-refractivity contribution >= 4 is 15.7 Å². The maximum absolute atomic E-state index is 12.4. The Hall–Kier alpha value is -1.30. The van der Waals surface area contributed by atoms with E-state index in [0.29, 0.717) is 12.3 Å². The van der Waals surface area contributed by atoms with E-state index in [4.69, 9.17) is 0 Å². The van der Waals surface area contributed by atoms with Crippen LogP contribution in [-0.2, 0) is 14.6 Å². The van der Waals surface area contributed by atoms with Crippen LogP contribution in [-0.4, -0.2) is 36.4 Å². The van der Waals surface area contributed by atoms with E-state index in [1.54, 1.807) is 0 Å². The van der Waals surface area contributed by atoms with Crippen molar-refractivity contribution in [3.63, 3.8) is 0 Å². The molecule has 0 radical (unpaired) electrons. The van der Waals surface area contributed by atoms with Gasteiger partial charge in [0.25, 0.3) is 0 Å². The molecule has 112 valence electrons. The first kappa shape index (κ1) is 15.1. The first-order valence-corrected chi connectivity index (χ1v) is 8.83. The molecule has 0 unspecified atom stereocenters. The van der Waals surface area contributed by atoms with E-state index in [0.717, 1.165) is 6.42 Å².